The summed E-state index contributed by atoms with van der Waals surface area (Å²) in [5.74, 6) is -2.31. The molecule has 0 spiro atoms. The minimum Gasteiger partial charge on any atom is -0.481 e. The van der Waals surface area contributed by atoms with Gasteiger partial charge in [-0.05, 0) is 34.8 Å². The molecule has 0 aliphatic carbocycles. The van der Waals surface area contributed by atoms with Gasteiger partial charge in [0.25, 0.3) is 11.6 Å². The lowest BCUT2D eigenvalue weighted by Crippen LogP contribution is -2.25. The van der Waals surface area contributed by atoms with Gasteiger partial charge < -0.3 is 10.4 Å². The lowest BCUT2D eigenvalue weighted by molar-refractivity contribution is -0.385. The van der Waals surface area contributed by atoms with Crippen molar-refractivity contribution in [2.75, 3.05) is 6.54 Å². The number of benzene rings is 1. The first kappa shape index (κ1) is 19.0. The quantitative estimate of drug-likeness (QED) is 0.382. The number of carboxylic acids is 1. The van der Waals surface area contributed by atoms with E-state index in [0.29, 0.717) is 19.4 Å². The molecule has 1 amide bonds. The van der Waals surface area contributed by atoms with Crippen LogP contribution in [0.2, 0.25) is 0 Å². The van der Waals surface area contributed by atoms with E-state index in [1.54, 1.807) is 0 Å². The maximum Gasteiger partial charge on any atom is 0.303 e. The minimum atomic E-state index is -0.862. The molecular formula is C14H16BrFN2O5. The number of hydrogen-bond acceptors (Lipinski definition) is 4. The van der Waals surface area contributed by atoms with Crippen molar-refractivity contribution in [3.63, 3.8) is 0 Å². The van der Waals surface area contributed by atoms with Crippen molar-refractivity contribution < 1.29 is 24.0 Å². The molecule has 126 valence electrons. The molecule has 0 fully saturated rings. The van der Waals surface area contributed by atoms with Gasteiger partial charge in [0.1, 0.15) is 10.3 Å². The van der Waals surface area contributed by atoms with Gasteiger partial charge in [-0.25, -0.2) is 4.39 Å². The van der Waals surface area contributed by atoms with Crippen LogP contribution < -0.4 is 5.32 Å². The highest BCUT2D eigenvalue weighted by molar-refractivity contribution is 9.10. The summed E-state index contributed by atoms with van der Waals surface area (Å²) in [4.78, 5) is 32.3. The van der Waals surface area contributed by atoms with Gasteiger partial charge >= 0.3 is 5.97 Å². The summed E-state index contributed by atoms with van der Waals surface area (Å²) in [5, 5.41) is 21.8. The van der Waals surface area contributed by atoms with E-state index in [-0.39, 0.29) is 16.5 Å². The molecule has 9 heteroatoms. The number of hydrogen-bond donors (Lipinski definition) is 2. The van der Waals surface area contributed by atoms with Crippen LogP contribution in [0.3, 0.4) is 0 Å². The molecule has 1 aromatic rings. The third-order valence-electron chi connectivity index (χ3n) is 3.06. The second kappa shape index (κ2) is 9.19. The summed E-state index contributed by atoms with van der Waals surface area (Å²) in [6.45, 7) is 0.322. The van der Waals surface area contributed by atoms with Gasteiger partial charge in [0.05, 0.1) is 16.6 Å². The van der Waals surface area contributed by atoms with Crippen LogP contribution in [-0.2, 0) is 4.79 Å². The van der Waals surface area contributed by atoms with Gasteiger partial charge in [0.15, 0.2) is 0 Å². The Morgan fingerprint density at radius 2 is 1.91 bits per heavy atom. The average Bonchev–Trinajstić information content (AvgIpc) is 2.47. The summed E-state index contributed by atoms with van der Waals surface area (Å²) in [6.07, 6.45) is 2.81. The predicted molar refractivity (Wildman–Crippen MR) is 83.8 cm³/mol. The maximum atomic E-state index is 13.4. The number of amides is 1. The molecule has 0 saturated heterocycles. The van der Waals surface area contributed by atoms with Crippen molar-refractivity contribution in [2.24, 2.45) is 0 Å². The Labute approximate surface area is 140 Å². The van der Waals surface area contributed by atoms with E-state index in [9.17, 15) is 24.1 Å². The van der Waals surface area contributed by atoms with E-state index < -0.39 is 28.3 Å². The summed E-state index contributed by atoms with van der Waals surface area (Å²) >= 11 is 2.95. The Bertz CT molecular complexity index is 609. The number of carboxylic acid groups (broad SMARTS) is 1. The van der Waals surface area contributed by atoms with Gasteiger partial charge in [-0.15, -0.1) is 0 Å². The Balaban J connectivity index is 2.49. The number of nitrogens with zero attached hydrogens (tertiary/aromatic N) is 1. The highest BCUT2D eigenvalue weighted by atomic mass is 79.9. The van der Waals surface area contributed by atoms with Crippen molar-refractivity contribution in [3.8, 4) is 0 Å². The van der Waals surface area contributed by atoms with Crippen molar-refractivity contribution in [3.05, 3.63) is 38.1 Å². The molecule has 0 radical (unpaired) electrons. The summed E-state index contributed by atoms with van der Waals surface area (Å²) in [7, 11) is 0. The normalized spacial score (nSPS) is 10.3. The molecule has 0 bridgehead atoms. The molecule has 0 unspecified atom stereocenters. The smallest absolute Gasteiger partial charge is 0.303 e. The number of nitrogens with one attached hydrogen (secondary N) is 1. The van der Waals surface area contributed by atoms with Gasteiger partial charge in [0.2, 0.25) is 0 Å². The van der Waals surface area contributed by atoms with E-state index in [4.69, 9.17) is 5.11 Å². The Hall–Kier alpha value is -2.03. The first-order chi connectivity index (χ1) is 10.8. The third kappa shape index (κ3) is 6.31. The largest absolute Gasteiger partial charge is 0.481 e. The average molecular weight is 391 g/mol. The van der Waals surface area contributed by atoms with Crippen LogP contribution in [0.1, 0.15) is 42.5 Å². The van der Waals surface area contributed by atoms with Crippen molar-refractivity contribution in [2.45, 2.75) is 32.1 Å². The van der Waals surface area contributed by atoms with Crippen LogP contribution in [0.4, 0.5) is 10.1 Å². The van der Waals surface area contributed by atoms with E-state index in [2.05, 4.69) is 21.2 Å². The van der Waals surface area contributed by atoms with Crippen molar-refractivity contribution in [1.29, 1.82) is 0 Å². The Morgan fingerprint density at radius 3 is 2.52 bits per heavy atom. The summed E-state index contributed by atoms with van der Waals surface area (Å²) in [6, 6.07) is 1.67. The minimum absolute atomic E-state index is 0.0668. The Kier molecular flexibility index (Phi) is 7.60. The second-order valence-corrected chi connectivity index (χ2v) is 5.65. The van der Waals surface area contributed by atoms with Gasteiger partial charge in [-0.3, -0.25) is 19.7 Å². The molecule has 1 rings (SSSR count). The van der Waals surface area contributed by atoms with Gasteiger partial charge in [0, 0.05) is 13.0 Å². The SMILES string of the molecule is O=C(O)CCCCCCNC(=O)c1cc(F)cc([N+](=O)[O-])c1Br. The molecule has 7 nitrogen and oxygen atoms in total. The molecule has 0 saturated carbocycles. The lowest BCUT2D eigenvalue weighted by atomic mass is 10.1. The van der Waals surface area contributed by atoms with E-state index in [1.807, 2.05) is 0 Å². The highest BCUT2D eigenvalue weighted by Crippen LogP contribution is 2.29. The van der Waals surface area contributed by atoms with Crippen LogP contribution in [0.5, 0.6) is 0 Å². The first-order valence-corrected chi connectivity index (χ1v) is 7.75. The zero-order valence-electron chi connectivity index (χ0n) is 12.2. The predicted octanol–water partition coefficient (Wildman–Crippen LogP) is 3.26. The topological polar surface area (TPSA) is 110 Å². The van der Waals surface area contributed by atoms with Crippen LogP contribution in [0, 0.1) is 15.9 Å². The lowest BCUT2D eigenvalue weighted by Gasteiger charge is -2.07. The third-order valence-corrected chi connectivity index (χ3v) is 3.90. The molecule has 0 aliphatic heterocycles. The number of aliphatic carboxylic acids is 1. The molecule has 0 heterocycles. The number of nitro groups is 1. The Morgan fingerprint density at radius 1 is 1.26 bits per heavy atom. The second-order valence-electron chi connectivity index (χ2n) is 4.86. The van der Waals surface area contributed by atoms with Crippen LogP contribution in [-0.4, -0.2) is 28.5 Å². The maximum absolute atomic E-state index is 13.4. The van der Waals surface area contributed by atoms with E-state index >= 15 is 0 Å². The van der Waals surface area contributed by atoms with E-state index in [1.165, 1.54) is 0 Å². The number of unbranched alkanes of at least 4 members (excludes halogenated alkanes) is 3. The van der Waals surface area contributed by atoms with Crippen LogP contribution in [0.15, 0.2) is 16.6 Å². The fourth-order valence-electron chi connectivity index (χ4n) is 1.92. The number of rotatable bonds is 9. The van der Waals surface area contributed by atoms with Crippen LogP contribution >= 0.6 is 15.9 Å². The van der Waals surface area contributed by atoms with Crippen LogP contribution in [0.25, 0.3) is 0 Å². The number of halogens is 2. The molecule has 23 heavy (non-hydrogen) atoms. The monoisotopic (exact) mass is 390 g/mol. The molecule has 1 aromatic carbocycles. The number of carbonyl (C=O) groups is 2. The van der Waals surface area contributed by atoms with Crippen molar-refractivity contribution >= 4 is 33.5 Å². The summed E-state index contributed by atoms with van der Waals surface area (Å²) < 4.78 is 13.3. The molecule has 0 atom stereocenters. The molecular weight excluding hydrogens is 375 g/mol. The number of carbonyl (C=O) groups excluding carboxylic acids is 1. The highest BCUT2D eigenvalue weighted by Gasteiger charge is 2.21. The molecule has 0 aromatic heterocycles. The standard InChI is InChI=1S/C14H16BrFN2O5/c15-13-10(7-9(16)8-11(13)18(22)23)14(21)17-6-4-2-1-3-5-12(19)20/h7-8H,1-6H2,(H,17,21)(H,19,20). The van der Waals surface area contributed by atoms with E-state index in [0.717, 1.165) is 25.0 Å². The number of nitro benzene ring substituents is 1. The van der Waals surface area contributed by atoms with Gasteiger partial charge in [-0.2, -0.15) is 0 Å². The van der Waals surface area contributed by atoms with Crippen molar-refractivity contribution in [1.82, 2.24) is 5.32 Å². The van der Waals surface area contributed by atoms with Gasteiger partial charge in [-0.1, -0.05) is 12.8 Å². The fourth-order valence-corrected chi connectivity index (χ4v) is 2.48. The zero-order chi connectivity index (χ0) is 17.4. The molecule has 0 aliphatic rings. The first-order valence-electron chi connectivity index (χ1n) is 6.96. The zero-order valence-corrected chi connectivity index (χ0v) is 13.8. The fraction of sp³-hybridized carbons (Fsp3) is 0.429. The summed E-state index contributed by atoms with van der Waals surface area (Å²) in [5.41, 5.74) is -0.647. The molecule has 2 N–H and O–H groups in total.